The van der Waals surface area contributed by atoms with Gasteiger partial charge in [-0.3, -0.25) is 0 Å². The lowest BCUT2D eigenvalue weighted by Gasteiger charge is -2.30. The van der Waals surface area contributed by atoms with E-state index in [2.05, 4.69) is 9.97 Å². The van der Waals surface area contributed by atoms with Crippen LogP contribution in [0.25, 0.3) is 0 Å². The predicted octanol–water partition coefficient (Wildman–Crippen LogP) is 2.63. The van der Waals surface area contributed by atoms with Crippen molar-refractivity contribution in [1.29, 1.82) is 0 Å². The molecule has 3 rings (SSSR count). The standard InChI is InChI=1S/C16H17N3O3S/c1-16(22)8-5-9-19(16)15-17-10-12(14(20)21)13(18-15)23-11-6-3-2-4-7-11/h2-4,6-7,10,22H,5,8-9H2,1H3,(H,20,21)/t16-/m0/s1. The fourth-order valence-electron chi connectivity index (χ4n) is 2.58. The summed E-state index contributed by atoms with van der Waals surface area (Å²) in [6.45, 7) is 2.37. The van der Waals surface area contributed by atoms with Crippen molar-refractivity contribution in [2.75, 3.05) is 11.4 Å². The minimum absolute atomic E-state index is 0.0569. The van der Waals surface area contributed by atoms with Crippen molar-refractivity contribution >= 4 is 23.7 Å². The first-order valence-corrected chi connectivity index (χ1v) is 8.12. The molecule has 0 saturated carbocycles. The Balaban J connectivity index is 1.98. The Morgan fingerprint density at radius 3 is 2.70 bits per heavy atom. The second-order valence-corrected chi connectivity index (χ2v) is 6.64. The van der Waals surface area contributed by atoms with Crippen molar-refractivity contribution < 1.29 is 15.0 Å². The van der Waals surface area contributed by atoms with Crippen molar-refractivity contribution in [2.24, 2.45) is 0 Å². The fourth-order valence-corrected chi connectivity index (χ4v) is 3.47. The van der Waals surface area contributed by atoms with Gasteiger partial charge in [-0.1, -0.05) is 30.0 Å². The molecule has 2 aromatic rings. The summed E-state index contributed by atoms with van der Waals surface area (Å²) in [5.74, 6) is -0.709. The zero-order valence-corrected chi connectivity index (χ0v) is 13.5. The van der Waals surface area contributed by atoms with Crippen LogP contribution in [0, 0.1) is 0 Å². The number of hydrogen-bond acceptors (Lipinski definition) is 6. The topological polar surface area (TPSA) is 86.5 Å². The molecule has 0 unspecified atom stereocenters. The van der Waals surface area contributed by atoms with Gasteiger partial charge in [0.25, 0.3) is 0 Å². The minimum Gasteiger partial charge on any atom is -0.478 e. The quantitative estimate of drug-likeness (QED) is 0.833. The summed E-state index contributed by atoms with van der Waals surface area (Å²) in [5.41, 5.74) is -0.944. The summed E-state index contributed by atoms with van der Waals surface area (Å²) in [5, 5.41) is 20.1. The lowest BCUT2D eigenvalue weighted by Crippen LogP contribution is -2.42. The Kier molecular flexibility index (Phi) is 4.23. The molecule has 7 heteroatoms. The third-order valence-corrected chi connectivity index (χ3v) is 4.80. The molecule has 1 atom stereocenters. The van der Waals surface area contributed by atoms with E-state index in [4.69, 9.17) is 0 Å². The third kappa shape index (κ3) is 3.30. The van der Waals surface area contributed by atoms with Crippen molar-refractivity contribution in [3.05, 3.63) is 42.1 Å². The second-order valence-electron chi connectivity index (χ2n) is 5.58. The van der Waals surface area contributed by atoms with E-state index in [1.807, 2.05) is 30.3 Å². The average Bonchev–Trinajstić information content (AvgIpc) is 2.87. The Labute approximate surface area is 138 Å². The van der Waals surface area contributed by atoms with Gasteiger partial charge in [0, 0.05) is 17.6 Å². The lowest BCUT2D eigenvalue weighted by molar-refractivity contribution is 0.0690. The van der Waals surface area contributed by atoms with Gasteiger partial charge < -0.3 is 15.1 Å². The normalized spacial score (nSPS) is 20.7. The SMILES string of the molecule is C[C@]1(O)CCCN1c1ncc(C(=O)O)c(Sc2ccccc2)n1. The molecule has 2 N–H and O–H groups in total. The van der Waals surface area contributed by atoms with Crippen LogP contribution in [-0.4, -0.2) is 38.4 Å². The van der Waals surface area contributed by atoms with Gasteiger partial charge in [-0.15, -0.1) is 0 Å². The monoisotopic (exact) mass is 331 g/mol. The van der Waals surface area contributed by atoms with E-state index >= 15 is 0 Å². The molecular formula is C16H17N3O3S. The molecule has 1 aromatic carbocycles. The van der Waals surface area contributed by atoms with Crippen LogP contribution in [0.5, 0.6) is 0 Å². The zero-order valence-electron chi connectivity index (χ0n) is 12.6. The summed E-state index contributed by atoms with van der Waals surface area (Å²) >= 11 is 1.28. The summed E-state index contributed by atoms with van der Waals surface area (Å²) < 4.78 is 0. The van der Waals surface area contributed by atoms with E-state index in [0.29, 0.717) is 23.9 Å². The summed E-state index contributed by atoms with van der Waals surface area (Å²) in [6, 6.07) is 9.45. The van der Waals surface area contributed by atoms with E-state index < -0.39 is 11.7 Å². The Hall–Kier alpha value is -2.12. The summed E-state index contributed by atoms with van der Waals surface area (Å²) in [7, 11) is 0. The minimum atomic E-state index is -1.07. The molecule has 0 bridgehead atoms. The van der Waals surface area contributed by atoms with Gasteiger partial charge in [0.15, 0.2) is 0 Å². The van der Waals surface area contributed by atoms with Crippen LogP contribution in [0.3, 0.4) is 0 Å². The highest BCUT2D eigenvalue weighted by atomic mass is 32.2. The maximum atomic E-state index is 11.4. The van der Waals surface area contributed by atoms with Gasteiger partial charge >= 0.3 is 5.97 Å². The number of anilines is 1. The van der Waals surface area contributed by atoms with Gasteiger partial charge in [-0.05, 0) is 31.9 Å². The molecule has 1 saturated heterocycles. The van der Waals surface area contributed by atoms with E-state index in [1.54, 1.807) is 11.8 Å². The number of rotatable bonds is 4. The molecule has 0 aliphatic carbocycles. The molecule has 1 aliphatic rings. The first-order chi connectivity index (χ1) is 11.0. The number of benzene rings is 1. The van der Waals surface area contributed by atoms with Crippen molar-refractivity contribution in [3.63, 3.8) is 0 Å². The van der Waals surface area contributed by atoms with Crippen LogP contribution < -0.4 is 4.90 Å². The van der Waals surface area contributed by atoms with Crippen molar-refractivity contribution in [1.82, 2.24) is 9.97 Å². The van der Waals surface area contributed by atoms with E-state index in [-0.39, 0.29) is 5.56 Å². The highest BCUT2D eigenvalue weighted by Crippen LogP contribution is 2.33. The number of carbonyl (C=O) groups is 1. The molecule has 2 heterocycles. The number of nitrogens with zero attached hydrogens (tertiary/aromatic N) is 3. The van der Waals surface area contributed by atoms with E-state index in [9.17, 15) is 15.0 Å². The predicted molar refractivity (Wildman–Crippen MR) is 86.8 cm³/mol. The first-order valence-electron chi connectivity index (χ1n) is 7.30. The number of aromatic nitrogens is 2. The van der Waals surface area contributed by atoms with Crippen LogP contribution >= 0.6 is 11.8 Å². The summed E-state index contributed by atoms with van der Waals surface area (Å²) in [4.78, 5) is 22.6. The second kappa shape index (κ2) is 6.17. The molecule has 0 radical (unpaired) electrons. The zero-order chi connectivity index (χ0) is 16.4. The number of carboxylic acid groups (broad SMARTS) is 1. The average molecular weight is 331 g/mol. The smallest absolute Gasteiger partial charge is 0.340 e. The van der Waals surface area contributed by atoms with Gasteiger partial charge in [-0.25, -0.2) is 14.8 Å². The maximum absolute atomic E-state index is 11.4. The van der Waals surface area contributed by atoms with Crippen LogP contribution in [0.4, 0.5) is 5.95 Å². The third-order valence-electron chi connectivity index (χ3n) is 3.78. The molecule has 120 valence electrons. The Morgan fingerprint density at radius 1 is 1.35 bits per heavy atom. The van der Waals surface area contributed by atoms with Gasteiger partial charge in [0.05, 0.1) is 0 Å². The van der Waals surface area contributed by atoms with E-state index in [0.717, 1.165) is 11.3 Å². The van der Waals surface area contributed by atoms with Crippen molar-refractivity contribution in [3.8, 4) is 0 Å². The molecule has 6 nitrogen and oxygen atoms in total. The van der Waals surface area contributed by atoms with Crippen LogP contribution in [0.15, 0.2) is 46.5 Å². The molecule has 1 aromatic heterocycles. The molecule has 1 aliphatic heterocycles. The van der Waals surface area contributed by atoms with Crippen molar-refractivity contribution in [2.45, 2.75) is 35.4 Å². The largest absolute Gasteiger partial charge is 0.478 e. The number of hydrogen-bond donors (Lipinski definition) is 2. The molecule has 0 spiro atoms. The highest BCUT2D eigenvalue weighted by molar-refractivity contribution is 7.99. The maximum Gasteiger partial charge on any atom is 0.340 e. The van der Waals surface area contributed by atoms with Crippen LogP contribution in [0.1, 0.15) is 30.1 Å². The van der Waals surface area contributed by atoms with Crippen LogP contribution in [-0.2, 0) is 0 Å². The van der Waals surface area contributed by atoms with E-state index in [1.165, 1.54) is 18.0 Å². The number of carboxylic acids is 1. The molecule has 0 amide bonds. The highest BCUT2D eigenvalue weighted by Gasteiger charge is 2.36. The van der Waals surface area contributed by atoms with Gasteiger partial charge in [0.2, 0.25) is 5.95 Å². The summed E-state index contributed by atoms with van der Waals surface area (Å²) in [6.07, 6.45) is 2.79. The van der Waals surface area contributed by atoms with Gasteiger partial charge in [-0.2, -0.15) is 0 Å². The fraction of sp³-hybridized carbons (Fsp3) is 0.312. The van der Waals surface area contributed by atoms with Gasteiger partial charge in [0.1, 0.15) is 16.3 Å². The number of aromatic carboxylic acids is 1. The Morgan fingerprint density at radius 2 is 2.09 bits per heavy atom. The molecular weight excluding hydrogens is 314 g/mol. The number of aliphatic hydroxyl groups is 1. The molecule has 1 fully saturated rings. The first kappa shape index (κ1) is 15.8. The Bertz CT molecular complexity index is 722. The molecule has 23 heavy (non-hydrogen) atoms. The lowest BCUT2D eigenvalue weighted by atomic mass is 10.2. The van der Waals surface area contributed by atoms with Crippen LogP contribution in [0.2, 0.25) is 0 Å².